The van der Waals surface area contributed by atoms with Crippen molar-refractivity contribution in [3.8, 4) is 0 Å². The fourth-order valence-corrected chi connectivity index (χ4v) is 1.19. The number of carbonyl (C=O) groups excluding carboxylic acids is 1. The highest BCUT2D eigenvalue weighted by Gasteiger charge is 2.16. The first-order valence-corrected chi connectivity index (χ1v) is 4.52. The van der Waals surface area contributed by atoms with Crippen LogP contribution in [0.2, 0.25) is 0 Å². The van der Waals surface area contributed by atoms with Crippen LogP contribution in [-0.4, -0.2) is 54.1 Å². The second-order valence-electron chi connectivity index (χ2n) is 3.81. The predicted octanol–water partition coefficient (Wildman–Crippen LogP) is 0.711. The van der Waals surface area contributed by atoms with E-state index in [0.29, 0.717) is 12.5 Å². The highest BCUT2D eigenvalue weighted by atomic mass is 16.4. The van der Waals surface area contributed by atoms with Gasteiger partial charge >= 0.3 is 12.0 Å². The van der Waals surface area contributed by atoms with Crippen molar-refractivity contribution in [1.29, 1.82) is 0 Å². The molecule has 0 unspecified atom stereocenters. The standard InChI is InChI=1S/C9H18N2O3/c1-7(2)5-10(3)9(14)11(4)6-8(12)13/h7H,5-6H2,1-4H3,(H,12,13). The zero-order valence-electron chi connectivity index (χ0n) is 9.15. The molecule has 0 aliphatic carbocycles. The molecule has 0 radical (unpaired) electrons. The molecule has 0 aliphatic heterocycles. The Balaban J connectivity index is 4.10. The molecule has 0 aromatic rings. The molecule has 0 aliphatic rings. The first-order valence-electron chi connectivity index (χ1n) is 4.52. The van der Waals surface area contributed by atoms with E-state index in [4.69, 9.17) is 5.11 Å². The second kappa shape index (κ2) is 5.47. The van der Waals surface area contributed by atoms with Gasteiger partial charge in [0.2, 0.25) is 0 Å². The van der Waals surface area contributed by atoms with Crippen LogP contribution in [0.3, 0.4) is 0 Å². The number of likely N-dealkylation sites (N-methyl/N-ethyl adjacent to an activating group) is 1. The molecular formula is C9H18N2O3. The Morgan fingerprint density at radius 3 is 2.07 bits per heavy atom. The Morgan fingerprint density at radius 2 is 1.71 bits per heavy atom. The van der Waals surface area contributed by atoms with E-state index in [1.807, 2.05) is 13.8 Å². The summed E-state index contributed by atoms with van der Waals surface area (Å²) in [5, 5.41) is 8.48. The predicted molar refractivity (Wildman–Crippen MR) is 53.1 cm³/mol. The minimum absolute atomic E-state index is 0.263. The largest absolute Gasteiger partial charge is 0.480 e. The van der Waals surface area contributed by atoms with Crippen LogP contribution in [0, 0.1) is 5.92 Å². The van der Waals surface area contributed by atoms with Gasteiger partial charge in [-0.15, -0.1) is 0 Å². The van der Waals surface area contributed by atoms with Crippen LogP contribution in [0.1, 0.15) is 13.8 Å². The fourth-order valence-electron chi connectivity index (χ4n) is 1.19. The summed E-state index contributed by atoms with van der Waals surface area (Å²) in [5.74, 6) is -0.624. The maximum absolute atomic E-state index is 11.5. The number of carboxylic acid groups (broad SMARTS) is 1. The third kappa shape index (κ3) is 4.69. The summed E-state index contributed by atoms with van der Waals surface area (Å²) in [4.78, 5) is 24.6. The topological polar surface area (TPSA) is 60.9 Å². The van der Waals surface area contributed by atoms with E-state index in [1.165, 1.54) is 16.8 Å². The molecule has 1 N–H and O–H groups in total. The summed E-state index contributed by atoms with van der Waals surface area (Å²) < 4.78 is 0. The number of hydrogen-bond acceptors (Lipinski definition) is 2. The molecule has 0 saturated heterocycles. The van der Waals surface area contributed by atoms with Gasteiger partial charge < -0.3 is 14.9 Å². The molecule has 0 heterocycles. The highest BCUT2D eigenvalue weighted by Crippen LogP contribution is 1.99. The molecule has 5 heteroatoms. The van der Waals surface area contributed by atoms with Crippen molar-refractivity contribution in [3.05, 3.63) is 0 Å². The van der Waals surface area contributed by atoms with Crippen molar-refractivity contribution in [2.24, 2.45) is 5.92 Å². The van der Waals surface area contributed by atoms with Gasteiger partial charge in [0.25, 0.3) is 0 Å². The number of urea groups is 1. The van der Waals surface area contributed by atoms with Crippen molar-refractivity contribution in [1.82, 2.24) is 9.80 Å². The van der Waals surface area contributed by atoms with E-state index in [-0.39, 0.29) is 12.6 Å². The lowest BCUT2D eigenvalue weighted by Crippen LogP contribution is -2.42. The summed E-state index contributed by atoms with van der Waals surface area (Å²) >= 11 is 0. The van der Waals surface area contributed by atoms with Gasteiger partial charge in [-0.1, -0.05) is 13.8 Å². The van der Waals surface area contributed by atoms with Crippen LogP contribution in [-0.2, 0) is 4.79 Å². The third-order valence-corrected chi connectivity index (χ3v) is 1.66. The Bertz CT molecular complexity index is 216. The normalized spacial score (nSPS) is 10.1. The van der Waals surface area contributed by atoms with Crippen LogP contribution >= 0.6 is 0 Å². The molecular weight excluding hydrogens is 184 g/mol. The Morgan fingerprint density at radius 1 is 1.21 bits per heavy atom. The molecule has 0 atom stereocenters. The van der Waals surface area contributed by atoms with Crippen LogP contribution < -0.4 is 0 Å². The first-order chi connectivity index (χ1) is 6.34. The van der Waals surface area contributed by atoms with Gasteiger partial charge in [0, 0.05) is 20.6 Å². The van der Waals surface area contributed by atoms with Gasteiger partial charge in [0.1, 0.15) is 6.54 Å². The van der Waals surface area contributed by atoms with E-state index < -0.39 is 5.97 Å². The van der Waals surface area contributed by atoms with E-state index in [1.54, 1.807) is 7.05 Å². The molecule has 0 fully saturated rings. The molecule has 2 amide bonds. The van der Waals surface area contributed by atoms with Gasteiger partial charge in [-0.2, -0.15) is 0 Å². The minimum atomic E-state index is -1.00. The zero-order valence-corrected chi connectivity index (χ0v) is 9.15. The summed E-state index contributed by atoms with van der Waals surface area (Å²) in [7, 11) is 3.15. The Kier molecular flexibility index (Phi) is 4.97. The average Bonchev–Trinajstić information content (AvgIpc) is 2.00. The van der Waals surface area contributed by atoms with E-state index >= 15 is 0 Å². The van der Waals surface area contributed by atoms with Gasteiger partial charge in [-0.05, 0) is 5.92 Å². The third-order valence-electron chi connectivity index (χ3n) is 1.66. The number of nitrogens with zero attached hydrogens (tertiary/aromatic N) is 2. The van der Waals surface area contributed by atoms with Crippen LogP contribution in [0.15, 0.2) is 0 Å². The molecule has 0 spiro atoms. The number of aliphatic carboxylic acids is 1. The van der Waals surface area contributed by atoms with Crippen LogP contribution in [0.25, 0.3) is 0 Å². The molecule has 82 valence electrons. The molecule has 0 aromatic carbocycles. The minimum Gasteiger partial charge on any atom is -0.480 e. The molecule has 0 bridgehead atoms. The maximum Gasteiger partial charge on any atom is 0.323 e. The lowest BCUT2D eigenvalue weighted by Gasteiger charge is -2.24. The van der Waals surface area contributed by atoms with E-state index in [9.17, 15) is 9.59 Å². The molecule has 14 heavy (non-hydrogen) atoms. The van der Waals surface area contributed by atoms with Gasteiger partial charge in [-0.25, -0.2) is 4.79 Å². The zero-order chi connectivity index (χ0) is 11.3. The lowest BCUT2D eigenvalue weighted by atomic mass is 10.2. The molecule has 0 saturated carbocycles. The number of amides is 2. The lowest BCUT2D eigenvalue weighted by molar-refractivity contribution is -0.137. The van der Waals surface area contributed by atoms with Crippen molar-refractivity contribution in [2.75, 3.05) is 27.2 Å². The SMILES string of the molecule is CC(C)CN(C)C(=O)N(C)CC(=O)O. The van der Waals surface area contributed by atoms with Crippen molar-refractivity contribution >= 4 is 12.0 Å². The Hall–Kier alpha value is -1.26. The van der Waals surface area contributed by atoms with Crippen LogP contribution in [0.4, 0.5) is 4.79 Å². The number of hydrogen-bond donors (Lipinski definition) is 1. The summed E-state index contributed by atoms with van der Waals surface area (Å²) in [6.45, 7) is 4.37. The monoisotopic (exact) mass is 202 g/mol. The van der Waals surface area contributed by atoms with Gasteiger partial charge in [-0.3, -0.25) is 4.79 Å². The van der Waals surface area contributed by atoms with E-state index in [0.717, 1.165) is 0 Å². The molecule has 5 nitrogen and oxygen atoms in total. The van der Waals surface area contributed by atoms with Crippen molar-refractivity contribution in [2.45, 2.75) is 13.8 Å². The second-order valence-corrected chi connectivity index (χ2v) is 3.81. The number of carbonyl (C=O) groups is 2. The highest BCUT2D eigenvalue weighted by molar-refractivity contribution is 5.79. The smallest absolute Gasteiger partial charge is 0.323 e. The van der Waals surface area contributed by atoms with Crippen molar-refractivity contribution in [3.63, 3.8) is 0 Å². The Labute approximate surface area is 84.3 Å². The van der Waals surface area contributed by atoms with Crippen LogP contribution in [0.5, 0.6) is 0 Å². The number of carboxylic acids is 1. The van der Waals surface area contributed by atoms with Crippen molar-refractivity contribution < 1.29 is 14.7 Å². The number of rotatable bonds is 4. The molecule has 0 aromatic heterocycles. The fraction of sp³-hybridized carbons (Fsp3) is 0.778. The summed E-state index contributed by atoms with van der Waals surface area (Å²) in [6.07, 6.45) is 0. The van der Waals surface area contributed by atoms with E-state index in [2.05, 4.69) is 0 Å². The van der Waals surface area contributed by atoms with Gasteiger partial charge in [0.15, 0.2) is 0 Å². The van der Waals surface area contributed by atoms with Gasteiger partial charge in [0.05, 0.1) is 0 Å². The summed E-state index contributed by atoms with van der Waals surface area (Å²) in [5.41, 5.74) is 0. The summed E-state index contributed by atoms with van der Waals surface area (Å²) in [6, 6.07) is -0.263. The molecule has 0 rings (SSSR count). The average molecular weight is 202 g/mol. The first kappa shape index (κ1) is 12.7. The maximum atomic E-state index is 11.5. The quantitative estimate of drug-likeness (QED) is 0.730.